The maximum absolute atomic E-state index is 11.8. The van der Waals surface area contributed by atoms with Crippen molar-refractivity contribution in [3.05, 3.63) is 72.8 Å². The standard InChI is InChI=1S/C19H24O6Si2/c1-16(2)19(21)24-15-26(14-20,23-3)25-27(22,17-10-6-4-7-11-17)18-12-8-5-9-13-18/h4-13,20,22H,1,14-15H2,2-3H3. The summed E-state index contributed by atoms with van der Waals surface area (Å²) < 4.78 is 16.9. The average molecular weight is 405 g/mol. The van der Waals surface area contributed by atoms with Gasteiger partial charge in [0, 0.05) is 12.7 Å². The Morgan fingerprint density at radius 1 is 1.04 bits per heavy atom. The van der Waals surface area contributed by atoms with E-state index < -0.39 is 29.3 Å². The van der Waals surface area contributed by atoms with E-state index in [-0.39, 0.29) is 11.8 Å². The minimum Gasteiger partial charge on any atom is -0.460 e. The zero-order chi connectivity index (χ0) is 19.9. The molecule has 1 unspecified atom stereocenters. The smallest absolute Gasteiger partial charge is 0.395 e. The number of rotatable bonds is 9. The van der Waals surface area contributed by atoms with Gasteiger partial charge in [0.25, 0.3) is 0 Å². The van der Waals surface area contributed by atoms with Gasteiger partial charge in [-0.15, -0.1) is 0 Å². The molecule has 0 aliphatic rings. The van der Waals surface area contributed by atoms with Gasteiger partial charge in [-0.3, -0.25) is 0 Å². The van der Waals surface area contributed by atoms with Crippen molar-refractivity contribution in [2.75, 3.05) is 19.6 Å². The first-order valence-electron chi connectivity index (χ1n) is 8.39. The topological polar surface area (TPSA) is 85.2 Å². The molecule has 0 fully saturated rings. The van der Waals surface area contributed by atoms with Crippen LogP contribution in [0.4, 0.5) is 0 Å². The van der Waals surface area contributed by atoms with E-state index in [1.54, 1.807) is 48.5 Å². The number of esters is 1. The Hall–Kier alpha value is -2.08. The van der Waals surface area contributed by atoms with E-state index in [9.17, 15) is 14.7 Å². The van der Waals surface area contributed by atoms with E-state index in [0.29, 0.717) is 10.4 Å². The Labute approximate surface area is 161 Å². The quantitative estimate of drug-likeness (QED) is 0.360. The van der Waals surface area contributed by atoms with Gasteiger partial charge < -0.3 is 23.2 Å². The molecule has 0 bridgehead atoms. The van der Waals surface area contributed by atoms with Crippen LogP contribution in [0.1, 0.15) is 6.92 Å². The average Bonchev–Trinajstić information content (AvgIpc) is 2.72. The molecule has 0 radical (unpaired) electrons. The van der Waals surface area contributed by atoms with Gasteiger partial charge in [0.05, 0.1) is 6.23 Å². The number of hydrogen-bond acceptors (Lipinski definition) is 6. The molecule has 2 aromatic carbocycles. The highest BCUT2D eigenvalue weighted by Gasteiger charge is 2.50. The van der Waals surface area contributed by atoms with Crippen molar-refractivity contribution in [1.29, 1.82) is 0 Å². The molecule has 0 spiro atoms. The van der Waals surface area contributed by atoms with Gasteiger partial charge >= 0.3 is 23.1 Å². The first-order valence-corrected chi connectivity index (χ1v) is 12.5. The molecule has 0 saturated heterocycles. The van der Waals surface area contributed by atoms with Crippen LogP contribution in [-0.2, 0) is 18.1 Å². The second-order valence-corrected chi connectivity index (χ2v) is 12.2. The van der Waals surface area contributed by atoms with Gasteiger partial charge in [0.2, 0.25) is 0 Å². The lowest BCUT2D eigenvalue weighted by molar-refractivity contribution is -0.137. The van der Waals surface area contributed by atoms with Crippen LogP contribution in [0.5, 0.6) is 0 Å². The summed E-state index contributed by atoms with van der Waals surface area (Å²) in [6.07, 6.45) is -0.747. The third-order valence-electron chi connectivity index (χ3n) is 4.05. The fourth-order valence-corrected chi connectivity index (χ4v) is 8.69. The van der Waals surface area contributed by atoms with Crippen LogP contribution in [0, 0.1) is 0 Å². The summed E-state index contributed by atoms with van der Waals surface area (Å²) in [7, 11) is -5.81. The van der Waals surface area contributed by atoms with Gasteiger partial charge in [-0.2, -0.15) is 0 Å². The second kappa shape index (κ2) is 9.22. The minimum atomic E-state index is -3.72. The summed E-state index contributed by atoms with van der Waals surface area (Å²) in [4.78, 5) is 23.4. The molecule has 0 aromatic heterocycles. The molecule has 0 heterocycles. The van der Waals surface area contributed by atoms with Gasteiger partial charge in [-0.05, 0) is 17.3 Å². The lowest BCUT2D eigenvalue weighted by Crippen LogP contribution is -2.69. The third-order valence-corrected chi connectivity index (χ3v) is 10.8. The molecule has 6 nitrogen and oxygen atoms in total. The Kier molecular flexibility index (Phi) is 7.25. The van der Waals surface area contributed by atoms with Crippen molar-refractivity contribution >= 4 is 33.5 Å². The van der Waals surface area contributed by atoms with Crippen LogP contribution in [0.25, 0.3) is 0 Å². The maximum Gasteiger partial charge on any atom is 0.395 e. The van der Waals surface area contributed by atoms with Crippen molar-refractivity contribution in [2.24, 2.45) is 0 Å². The Bertz CT molecular complexity index is 723. The van der Waals surface area contributed by atoms with Crippen molar-refractivity contribution in [3.8, 4) is 0 Å². The largest absolute Gasteiger partial charge is 0.460 e. The summed E-state index contributed by atoms with van der Waals surface area (Å²) >= 11 is 0. The monoisotopic (exact) mass is 404 g/mol. The number of ether oxygens (including phenoxy) is 1. The fraction of sp³-hybridized carbons (Fsp3) is 0.211. The van der Waals surface area contributed by atoms with E-state index in [1.807, 2.05) is 12.1 Å². The zero-order valence-corrected chi connectivity index (χ0v) is 17.4. The van der Waals surface area contributed by atoms with Crippen molar-refractivity contribution in [2.45, 2.75) is 6.92 Å². The summed E-state index contributed by atoms with van der Waals surface area (Å²) in [6.45, 7) is 5.06. The summed E-state index contributed by atoms with van der Waals surface area (Å²) in [5, 5.41) is 11.2. The van der Waals surface area contributed by atoms with E-state index >= 15 is 0 Å². The molecule has 0 saturated carbocycles. The van der Waals surface area contributed by atoms with Crippen molar-refractivity contribution in [3.63, 3.8) is 0 Å². The van der Waals surface area contributed by atoms with Crippen LogP contribution in [-0.4, -0.2) is 52.6 Å². The molecule has 8 heteroatoms. The molecule has 1 atom stereocenters. The SMILES string of the molecule is C=C(C)C(=O)OC[Si](CO)(OC)O[Si](O)(c1ccccc1)c1ccccc1. The van der Waals surface area contributed by atoms with Crippen LogP contribution >= 0.6 is 0 Å². The van der Waals surface area contributed by atoms with E-state index in [2.05, 4.69) is 6.58 Å². The second-order valence-electron chi connectivity index (χ2n) is 6.11. The molecular weight excluding hydrogens is 380 g/mol. The highest BCUT2D eigenvalue weighted by Crippen LogP contribution is 2.15. The van der Waals surface area contributed by atoms with Crippen LogP contribution in [0.2, 0.25) is 0 Å². The lowest BCUT2D eigenvalue weighted by atomic mass is 10.4. The van der Waals surface area contributed by atoms with Crippen LogP contribution in [0.3, 0.4) is 0 Å². The first kappa shape index (κ1) is 21.2. The van der Waals surface area contributed by atoms with Gasteiger partial charge in [-0.1, -0.05) is 67.2 Å². The van der Waals surface area contributed by atoms with E-state index in [4.69, 9.17) is 13.3 Å². The summed E-state index contributed by atoms with van der Waals surface area (Å²) in [5.41, 5.74) is 0.227. The third kappa shape index (κ3) is 5.01. The summed E-state index contributed by atoms with van der Waals surface area (Å²) in [5.74, 6) is -0.606. The molecule has 144 valence electrons. The number of aliphatic hydroxyl groups is 1. The molecule has 0 amide bonds. The number of aliphatic hydroxyl groups excluding tert-OH is 1. The van der Waals surface area contributed by atoms with Gasteiger partial charge in [0.1, 0.15) is 6.23 Å². The first-order chi connectivity index (χ1) is 12.9. The van der Waals surface area contributed by atoms with Gasteiger partial charge in [0.15, 0.2) is 0 Å². The Morgan fingerprint density at radius 2 is 1.52 bits per heavy atom. The van der Waals surface area contributed by atoms with Crippen LogP contribution < -0.4 is 10.4 Å². The maximum atomic E-state index is 11.8. The molecular formula is C19H24O6Si2. The molecule has 0 aliphatic heterocycles. The number of carbonyl (C=O) groups excluding carboxylic acids is 1. The molecule has 2 N–H and O–H groups in total. The highest BCUT2D eigenvalue weighted by atomic mass is 28.5. The fourth-order valence-electron chi connectivity index (χ4n) is 2.45. The van der Waals surface area contributed by atoms with E-state index in [1.165, 1.54) is 14.0 Å². The predicted molar refractivity (Wildman–Crippen MR) is 107 cm³/mol. The van der Waals surface area contributed by atoms with Crippen molar-refractivity contribution < 1.29 is 28.0 Å². The van der Waals surface area contributed by atoms with Crippen LogP contribution in [0.15, 0.2) is 72.8 Å². The summed E-state index contributed by atoms with van der Waals surface area (Å²) in [6, 6.07) is 18.0. The highest BCUT2D eigenvalue weighted by molar-refractivity contribution is 6.96. The molecule has 27 heavy (non-hydrogen) atoms. The Balaban J connectivity index is 2.42. The number of hydrogen-bond donors (Lipinski definition) is 2. The molecule has 2 aromatic rings. The van der Waals surface area contributed by atoms with Crippen molar-refractivity contribution in [1.82, 2.24) is 0 Å². The lowest BCUT2D eigenvalue weighted by Gasteiger charge is -2.36. The normalized spacial score (nSPS) is 13.6. The Morgan fingerprint density at radius 3 is 1.89 bits per heavy atom. The van der Waals surface area contributed by atoms with E-state index in [0.717, 1.165) is 0 Å². The minimum absolute atomic E-state index is 0.227. The van der Waals surface area contributed by atoms with Gasteiger partial charge in [-0.25, -0.2) is 4.79 Å². The predicted octanol–water partition coefficient (Wildman–Crippen LogP) is 0.531. The number of benzene rings is 2. The molecule has 0 aliphatic carbocycles. The zero-order valence-electron chi connectivity index (χ0n) is 15.4. The number of carbonyl (C=O) groups is 1. The molecule has 2 rings (SSSR count).